The molecule has 0 saturated heterocycles. The van der Waals surface area contributed by atoms with Gasteiger partial charge in [0.25, 0.3) is 10.1 Å². The van der Waals surface area contributed by atoms with E-state index >= 15 is 0 Å². The van der Waals surface area contributed by atoms with Gasteiger partial charge < -0.3 is 10.5 Å². The first-order valence-electron chi connectivity index (χ1n) is 12.2. The van der Waals surface area contributed by atoms with Crippen molar-refractivity contribution in [2.45, 2.75) is 0 Å². The summed E-state index contributed by atoms with van der Waals surface area (Å²) in [5.74, 6) is -2.58. The molecule has 2 aromatic rings. The molecule has 210 valence electrons. The number of fused-ring (bicyclic) bond motifs is 1. The van der Waals surface area contributed by atoms with Gasteiger partial charge >= 0.3 is 35.5 Å². The first-order chi connectivity index (χ1) is 20.1. The number of para-hydroxylation sites is 1. The maximum atomic E-state index is 13.0. The largest absolute Gasteiger partial charge is 1.00 e. The number of ketones is 2. The standard InChI is InChI=1S/C29H21N5O7S.Na/c35-25-13-11-21(15-23(25)29(37)38)33-31-19-7-9-20(10-8-19)32-34-28-24(30-18-4-2-1-3-5-18)12-6-17-14-22(42(39,40)41)16-26(36)27(17)28;/h1-16,31-32,34H,(H,37,38)(H,39,40,41);/q;+1/b30-24?,33-21-;. The van der Waals surface area contributed by atoms with Gasteiger partial charge in [-0.25, -0.2) is 9.79 Å². The Morgan fingerprint density at radius 3 is 2.16 bits per heavy atom. The number of carbonyl (C=O) groups excluding carboxylic acids is 2. The zero-order valence-electron chi connectivity index (χ0n) is 22.5. The van der Waals surface area contributed by atoms with Crippen LogP contribution in [0.4, 0.5) is 17.1 Å². The summed E-state index contributed by atoms with van der Waals surface area (Å²) >= 11 is 0. The summed E-state index contributed by atoms with van der Waals surface area (Å²) in [6, 6.07) is 15.8. The minimum absolute atomic E-state index is 0. The minimum atomic E-state index is -4.59. The Balaban J connectivity index is 0.00000423. The van der Waals surface area contributed by atoms with Crippen LogP contribution in [0.5, 0.6) is 0 Å². The number of carboxylic acid groups (broad SMARTS) is 1. The quantitative estimate of drug-likeness (QED) is 0.0926. The average molecular weight is 607 g/mol. The normalized spacial score (nSPS) is 17.9. The fourth-order valence-electron chi connectivity index (χ4n) is 4.05. The van der Waals surface area contributed by atoms with Crippen LogP contribution >= 0.6 is 0 Å². The number of nitrogens with one attached hydrogen (secondary N) is 3. The molecule has 2 aromatic carbocycles. The number of carbonyl (C=O) groups is 3. The average Bonchev–Trinajstić information content (AvgIpc) is 2.96. The fourth-order valence-corrected chi connectivity index (χ4v) is 4.58. The van der Waals surface area contributed by atoms with Crippen LogP contribution in [0.25, 0.3) is 0 Å². The van der Waals surface area contributed by atoms with Gasteiger partial charge in [-0.1, -0.05) is 24.3 Å². The minimum Gasteiger partial charge on any atom is -0.478 e. The number of hydrazone groups is 1. The number of hydrogen-bond donors (Lipinski definition) is 5. The van der Waals surface area contributed by atoms with Crippen LogP contribution in [0.3, 0.4) is 0 Å². The number of hydrazine groups is 1. The van der Waals surface area contributed by atoms with E-state index in [1.807, 2.05) is 18.2 Å². The Bertz CT molecular complexity index is 1870. The number of aliphatic imine (C=N–C) groups is 1. The molecule has 0 saturated carbocycles. The van der Waals surface area contributed by atoms with Gasteiger partial charge in [0.2, 0.25) is 0 Å². The molecule has 12 nitrogen and oxygen atoms in total. The number of allylic oxidation sites excluding steroid dienone is 9. The van der Waals surface area contributed by atoms with Crippen molar-refractivity contribution in [1.29, 1.82) is 0 Å². The molecule has 0 amide bonds. The fraction of sp³-hybridized carbons (Fsp3) is 0. The van der Waals surface area contributed by atoms with E-state index in [2.05, 4.69) is 26.4 Å². The summed E-state index contributed by atoms with van der Waals surface area (Å²) in [7, 11) is -4.59. The summed E-state index contributed by atoms with van der Waals surface area (Å²) in [5.41, 5.74) is 11.6. The Morgan fingerprint density at radius 1 is 0.791 bits per heavy atom. The van der Waals surface area contributed by atoms with Crippen molar-refractivity contribution in [2.24, 2.45) is 10.1 Å². The Labute approximate surface area is 267 Å². The van der Waals surface area contributed by atoms with Gasteiger partial charge in [0.15, 0.2) is 11.6 Å². The van der Waals surface area contributed by atoms with Gasteiger partial charge in [-0.2, -0.15) is 13.5 Å². The van der Waals surface area contributed by atoms with Gasteiger partial charge in [-0.3, -0.25) is 25.0 Å². The van der Waals surface area contributed by atoms with Crippen molar-refractivity contribution in [1.82, 2.24) is 5.43 Å². The second kappa shape index (κ2) is 13.1. The van der Waals surface area contributed by atoms with Gasteiger partial charge in [-0.05, 0) is 72.4 Å². The summed E-state index contributed by atoms with van der Waals surface area (Å²) in [6.45, 7) is 0. The van der Waals surface area contributed by atoms with Crippen molar-refractivity contribution in [3.63, 3.8) is 0 Å². The number of rotatable bonds is 8. The predicted molar refractivity (Wildman–Crippen MR) is 157 cm³/mol. The first-order valence-corrected chi connectivity index (χ1v) is 13.7. The molecule has 0 bridgehead atoms. The number of nitrogens with zero attached hydrogens (tertiary/aromatic N) is 2. The third-order valence-electron chi connectivity index (χ3n) is 6.06. The van der Waals surface area contributed by atoms with E-state index in [0.717, 1.165) is 12.2 Å². The van der Waals surface area contributed by atoms with Crippen molar-refractivity contribution in [2.75, 3.05) is 10.9 Å². The van der Waals surface area contributed by atoms with Crippen molar-refractivity contribution >= 4 is 56.1 Å². The summed E-state index contributed by atoms with van der Waals surface area (Å²) in [6.07, 6.45) is 8.92. The van der Waals surface area contributed by atoms with E-state index in [9.17, 15) is 27.4 Å². The number of benzene rings is 2. The summed E-state index contributed by atoms with van der Waals surface area (Å²) < 4.78 is 32.8. The zero-order chi connectivity index (χ0) is 29.9. The molecule has 0 spiro atoms. The number of aliphatic carboxylic acids is 1. The monoisotopic (exact) mass is 606 g/mol. The van der Waals surface area contributed by atoms with Gasteiger partial charge in [-0.15, -0.1) is 0 Å². The zero-order valence-corrected chi connectivity index (χ0v) is 25.3. The topological polar surface area (TPSA) is 187 Å². The Hall–Kier alpha value is -4.66. The second-order valence-corrected chi connectivity index (χ2v) is 10.4. The molecule has 0 aliphatic heterocycles. The van der Waals surface area contributed by atoms with E-state index in [0.29, 0.717) is 22.8 Å². The smallest absolute Gasteiger partial charge is 0.478 e. The molecule has 5 N–H and O–H groups in total. The van der Waals surface area contributed by atoms with Gasteiger partial charge in [0.05, 0.1) is 44.7 Å². The maximum absolute atomic E-state index is 13.0. The molecule has 14 heteroatoms. The summed E-state index contributed by atoms with van der Waals surface area (Å²) in [4.78, 5) is 40.0. The SMILES string of the molecule is O=C(O)C1=C/C(=N\Nc2ccc(NNC3=C4C(=O)C=C(S(=O)(=O)O)C=C4C=CC3=Nc3ccccc3)cc2)C=CC1=O.[Na+]. The molecule has 0 radical (unpaired) electrons. The van der Waals surface area contributed by atoms with Crippen LogP contribution in [0.15, 0.2) is 135 Å². The second-order valence-electron chi connectivity index (χ2n) is 8.94. The molecular formula is C29H21N5NaO7S+. The Morgan fingerprint density at radius 2 is 1.49 bits per heavy atom. The van der Waals surface area contributed by atoms with E-state index in [-0.39, 0.29) is 57.7 Å². The molecular weight excluding hydrogens is 585 g/mol. The third-order valence-corrected chi connectivity index (χ3v) is 6.89. The van der Waals surface area contributed by atoms with Crippen molar-refractivity contribution in [3.8, 4) is 0 Å². The molecule has 43 heavy (non-hydrogen) atoms. The van der Waals surface area contributed by atoms with E-state index in [4.69, 9.17) is 5.11 Å². The molecule has 0 aromatic heterocycles. The molecule has 5 rings (SSSR count). The van der Waals surface area contributed by atoms with Crippen LogP contribution in [-0.2, 0) is 24.5 Å². The third kappa shape index (κ3) is 7.41. The first kappa shape index (κ1) is 31.3. The van der Waals surface area contributed by atoms with Crippen LogP contribution in [0.2, 0.25) is 0 Å². The molecule has 0 heterocycles. The number of hydrogen-bond acceptors (Lipinski definition) is 10. The van der Waals surface area contributed by atoms with E-state index < -0.39 is 32.6 Å². The molecule has 0 unspecified atom stereocenters. The predicted octanol–water partition coefficient (Wildman–Crippen LogP) is 0.402. The number of anilines is 2. The van der Waals surface area contributed by atoms with Crippen LogP contribution in [0, 0.1) is 0 Å². The maximum Gasteiger partial charge on any atom is 1.00 e. The van der Waals surface area contributed by atoms with Crippen molar-refractivity contribution < 1.29 is 62.0 Å². The molecule has 3 aliphatic carbocycles. The van der Waals surface area contributed by atoms with E-state index in [1.54, 1.807) is 48.6 Å². The summed E-state index contributed by atoms with van der Waals surface area (Å²) in [5, 5.41) is 13.2. The van der Waals surface area contributed by atoms with Crippen LogP contribution in [0.1, 0.15) is 0 Å². The van der Waals surface area contributed by atoms with Gasteiger partial charge in [0.1, 0.15) is 5.57 Å². The molecule has 0 fully saturated rings. The van der Waals surface area contributed by atoms with Gasteiger partial charge in [0, 0.05) is 6.08 Å². The van der Waals surface area contributed by atoms with Crippen LogP contribution < -0.4 is 45.8 Å². The molecule has 3 aliphatic rings. The Kier molecular flexibility index (Phi) is 9.53. The van der Waals surface area contributed by atoms with Crippen molar-refractivity contribution in [3.05, 3.63) is 124 Å². The molecule has 0 atom stereocenters. The van der Waals surface area contributed by atoms with Crippen LogP contribution in [-0.4, -0.2) is 47.0 Å². The van der Waals surface area contributed by atoms with E-state index in [1.165, 1.54) is 18.2 Å². The number of carboxylic acids is 1.